The first-order valence-electron chi connectivity index (χ1n) is 10.4. The summed E-state index contributed by atoms with van der Waals surface area (Å²) < 4.78 is 16.6. The highest BCUT2D eigenvalue weighted by molar-refractivity contribution is 9.10. The number of aromatic nitrogens is 1. The molecule has 9 nitrogen and oxygen atoms in total. The zero-order chi connectivity index (χ0) is 24.2. The van der Waals surface area contributed by atoms with E-state index in [-0.39, 0.29) is 11.5 Å². The first-order chi connectivity index (χ1) is 16.4. The summed E-state index contributed by atoms with van der Waals surface area (Å²) in [7, 11) is 1.29. The van der Waals surface area contributed by atoms with Crippen LogP contribution in [0.25, 0.3) is 0 Å². The van der Waals surface area contributed by atoms with E-state index in [2.05, 4.69) is 36.2 Å². The molecule has 0 fully saturated rings. The van der Waals surface area contributed by atoms with Gasteiger partial charge < -0.3 is 13.9 Å². The lowest BCUT2D eigenvalue weighted by atomic mass is 9.93. The Morgan fingerprint density at radius 3 is 2.56 bits per heavy atom. The van der Waals surface area contributed by atoms with Crippen LogP contribution in [0.3, 0.4) is 0 Å². The smallest absolute Gasteiger partial charge is 0.379 e. The highest BCUT2D eigenvalue weighted by Gasteiger charge is 2.29. The molecule has 0 saturated carbocycles. The van der Waals surface area contributed by atoms with Crippen molar-refractivity contribution < 1.29 is 28.3 Å². The van der Waals surface area contributed by atoms with Gasteiger partial charge in [-0.05, 0) is 66.0 Å². The minimum atomic E-state index is -0.665. The molecular formula is C24H20BrN3O6. The van der Waals surface area contributed by atoms with Crippen LogP contribution in [0.1, 0.15) is 61.0 Å². The zero-order valence-corrected chi connectivity index (χ0v) is 20.0. The van der Waals surface area contributed by atoms with Crippen molar-refractivity contribution in [1.82, 2.24) is 10.4 Å². The number of methoxy groups -OCH3 is 1. The van der Waals surface area contributed by atoms with Crippen molar-refractivity contribution in [3.05, 3.63) is 81.0 Å². The molecule has 0 atom stereocenters. The second-order valence-corrected chi connectivity index (χ2v) is 8.42. The van der Waals surface area contributed by atoms with Crippen LogP contribution in [0.2, 0.25) is 0 Å². The number of furan rings is 1. The number of hydrazone groups is 1. The van der Waals surface area contributed by atoms with E-state index in [1.807, 2.05) is 0 Å². The van der Waals surface area contributed by atoms with Crippen molar-refractivity contribution in [1.29, 1.82) is 0 Å². The Bertz CT molecular complexity index is 1300. The number of amides is 1. The van der Waals surface area contributed by atoms with E-state index in [1.54, 1.807) is 19.2 Å². The third-order valence-corrected chi connectivity index (χ3v) is 5.69. The Morgan fingerprint density at radius 1 is 1.09 bits per heavy atom. The van der Waals surface area contributed by atoms with Crippen LogP contribution < -0.4 is 10.2 Å². The summed E-state index contributed by atoms with van der Waals surface area (Å²) in [6.07, 6.45) is 5.05. The number of carbonyl (C=O) groups excluding carboxylic acids is 3. The fourth-order valence-electron chi connectivity index (χ4n) is 3.62. The maximum absolute atomic E-state index is 12.8. The van der Waals surface area contributed by atoms with Crippen molar-refractivity contribution in [2.45, 2.75) is 26.2 Å². The molecule has 174 valence electrons. The molecular weight excluding hydrogens is 506 g/mol. The third kappa shape index (κ3) is 4.91. The van der Waals surface area contributed by atoms with Gasteiger partial charge in [0.1, 0.15) is 11.5 Å². The summed E-state index contributed by atoms with van der Waals surface area (Å²) >= 11 is 3.29. The minimum absolute atomic E-state index is 0.0687. The number of rotatable bonds is 5. The van der Waals surface area contributed by atoms with E-state index >= 15 is 0 Å². The van der Waals surface area contributed by atoms with Gasteiger partial charge in [0.2, 0.25) is 5.76 Å². The Hall–Kier alpha value is -3.79. The summed E-state index contributed by atoms with van der Waals surface area (Å²) in [5.74, 6) is -0.600. The Kier molecular flexibility index (Phi) is 6.87. The van der Waals surface area contributed by atoms with E-state index in [0.29, 0.717) is 51.0 Å². The normalized spacial score (nSPS) is 13.8. The summed E-state index contributed by atoms with van der Waals surface area (Å²) in [4.78, 5) is 40.8. The fourth-order valence-corrected chi connectivity index (χ4v) is 3.99. The number of pyridine rings is 1. The highest BCUT2D eigenvalue weighted by Crippen LogP contribution is 2.30. The molecule has 0 radical (unpaired) electrons. The molecule has 1 amide bonds. The van der Waals surface area contributed by atoms with Gasteiger partial charge in [0.25, 0.3) is 5.91 Å². The number of nitrogens with zero attached hydrogens (tertiary/aromatic N) is 2. The van der Waals surface area contributed by atoms with Gasteiger partial charge in [0, 0.05) is 34.4 Å². The first kappa shape index (κ1) is 23.4. The molecule has 1 aliphatic carbocycles. The van der Waals surface area contributed by atoms with Crippen molar-refractivity contribution in [3.8, 4) is 5.75 Å². The number of esters is 2. The van der Waals surface area contributed by atoms with Gasteiger partial charge >= 0.3 is 11.9 Å². The monoisotopic (exact) mass is 525 g/mol. The minimum Gasteiger partial charge on any atom is -0.465 e. The van der Waals surface area contributed by atoms with Gasteiger partial charge in [0.15, 0.2) is 0 Å². The lowest BCUT2D eigenvalue weighted by Crippen LogP contribution is -2.22. The molecule has 2 aromatic heterocycles. The van der Waals surface area contributed by atoms with Gasteiger partial charge in [0.05, 0.1) is 23.9 Å². The molecule has 0 saturated heterocycles. The number of ether oxygens (including phenoxy) is 2. The zero-order valence-electron chi connectivity index (χ0n) is 18.4. The molecule has 10 heteroatoms. The van der Waals surface area contributed by atoms with Crippen molar-refractivity contribution >= 4 is 39.5 Å². The number of carbonyl (C=O) groups is 3. The van der Waals surface area contributed by atoms with Crippen LogP contribution in [0, 0.1) is 6.92 Å². The van der Waals surface area contributed by atoms with Crippen LogP contribution >= 0.6 is 15.9 Å². The molecule has 1 N–H and O–H groups in total. The van der Waals surface area contributed by atoms with E-state index in [1.165, 1.54) is 37.6 Å². The largest absolute Gasteiger partial charge is 0.465 e. The van der Waals surface area contributed by atoms with E-state index < -0.39 is 17.8 Å². The molecule has 4 rings (SSSR count). The van der Waals surface area contributed by atoms with Crippen LogP contribution in [0.5, 0.6) is 5.75 Å². The lowest BCUT2D eigenvalue weighted by molar-refractivity contribution is 0.0600. The van der Waals surface area contributed by atoms with Crippen molar-refractivity contribution in [2.75, 3.05) is 7.11 Å². The topological polar surface area (TPSA) is 120 Å². The van der Waals surface area contributed by atoms with Crippen molar-refractivity contribution in [2.24, 2.45) is 5.10 Å². The average molecular weight is 526 g/mol. The number of hydrogen-bond acceptors (Lipinski definition) is 8. The number of fused-ring (bicyclic) bond motifs is 1. The molecule has 2 heterocycles. The molecule has 0 aliphatic heterocycles. The quantitative estimate of drug-likeness (QED) is 0.300. The Labute approximate surface area is 203 Å². The van der Waals surface area contributed by atoms with Gasteiger partial charge in [-0.15, -0.1) is 0 Å². The predicted octanol–water partition coefficient (Wildman–Crippen LogP) is 4.22. The molecule has 0 unspecified atom stereocenters. The first-order valence-corrected chi connectivity index (χ1v) is 11.2. The second kappa shape index (κ2) is 10.0. The highest BCUT2D eigenvalue weighted by atomic mass is 79.9. The van der Waals surface area contributed by atoms with Crippen LogP contribution in [-0.4, -0.2) is 35.7 Å². The lowest BCUT2D eigenvalue weighted by Gasteiger charge is -2.13. The van der Waals surface area contributed by atoms with E-state index in [9.17, 15) is 14.4 Å². The van der Waals surface area contributed by atoms with E-state index in [0.717, 1.165) is 6.42 Å². The summed E-state index contributed by atoms with van der Waals surface area (Å²) in [6.45, 7) is 1.75. The van der Waals surface area contributed by atoms with Crippen LogP contribution in [0.4, 0.5) is 0 Å². The summed E-state index contributed by atoms with van der Waals surface area (Å²) in [5, 5.41) is 4.30. The number of halogens is 1. The molecule has 0 bridgehead atoms. The number of aryl methyl sites for hydroxylation is 1. The van der Waals surface area contributed by atoms with E-state index in [4.69, 9.17) is 9.15 Å². The summed E-state index contributed by atoms with van der Waals surface area (Å²) in [5.41, 5.74) is 5.17. The molecule has 1 aromatic carbocycles. The maximum Gasteiger partial charge on any atom is 0.379 e. The van der Waals surface area contributed by atoms with Gasteiger partial charge in [-0.2, -0.15) is 5.10 Å². The molecule has 1 aliphatic rings. The Balaban J connectivity index is 1.53. The predicted molar refractivity (Wildman–Crippen MR) is 125 cm³/mol. The van der Waals surface area contributed by atoms with Crippen molar-refractivity contribution in [3.63, 3.8) is 0 Å². The SMILES string of the molecule is COC(=O)c1ccc(OC(=O)c2oc3c(c2C)/C(=N/NC(=O)c2cncc(Br)c2)CCC3)cc1. The van der Waals surface area contributed by atoms with Gasteiger partial charge in [-0.3, -0.25) is 9.78 Å². The average Bonchev–Trinajstić information content (AvgIpc) is 3.19. The maximum atomic E-state index is 12.8. The number of benzene rings is 1. The Morgan fingerprint density at radius 2 is 1.85 bits per heavy atom. The van der Waals surface area contributed by atoms with Crippen LogP contribution in [0.15, 0.2) is 56.7 Å². The standard InChI is InChI=1S/C24H20BrN3O6/c1-13-20-18(27-28-22(29)15-10-16(25)12-26-11-15)4-3-5-19(20)34-21(13)24(31)33-17-8-6-14(7-9-17)23(30)32-2/h6-12H,3-5H2,1-2H3,(H,28,29)/b27-18+. The molecule has 0 spiro atoms. The number of nitrogens with one attached hydrogen (secondary N) is 1. The molecule has 34 heavy (non-hydrogen) atoms. The number of hydrogen-bond donors (Lipinski definition) is 1. The second-order valence-electron chi connectivity index (χ2n) is 7.50. The van der Waals surface area contributed by atoms with Gasteiger partial charge in [-0.25, -0.2) is 15.0 Å². The third-order valence-electron chi connectivity index (χ3n) is 5.26. The summed E-state index contributed by atoms with van der Waals surface area (Å²) in [6, 6.07) is 7.65. The molecule has 3 aromatic rings. The van der Waals surface area contributed by atoms with Crippen LogP contribution in [-0.2, 0) is 11.2 Å². The van der Waals surface area contributed by atoms with Gasteiger partial charge in [-0.1, -0.05) is 0 Å². The fraction of sp³-hybridized carbons (Fsp3) is 0.208.